The van der Waals surface area contributed by atoms with Gasteiger partial charge in [0.05, 0.1) is 22.0 Å². The average molecular weight is 517 g/mol. The highest BCUT2D eigenvalue weighted by molar-refractivity contribution is 6.33. The zero-order chi connectivity index (χ0) is 23.7. The van der Waals surface area contributed by atoms with Crippen LogP contribution in [-0.4, -0.2) is 55.1 Å². The van der Waals surface area contributed by atoms with Gasteiger partial charge in [-0.05, 0) is 42.0 Å². The van der Waals surface area contributed by atoms with Crippen LogP contribution in [0.5, 0.6) is 0 Å². The van der Waals surface area contributed by atoms with E-state index in [4.69, 9.17) is 34.8 Å². The molecule has 0 atom stereocenters. The number of anilines is 3. The van der Waals surface area contributed by atoms with Crippen molar-refractivity contribution < 1.29 is 4.79 Å². The first kappa shape index (κ1) is 23.1. The maximum Gasteiger partial charge on any atom is 0.255 e. The molecule has 0 radical (unpaired) electrons. The highest BCUT2D eigenvalue weighted by Crippen LogP contribution is 2.32. The smallest absolute Gasteiger partial charge is 0.255 e. The summed E-state index contributed by atoms with van der Waals surface area (Å²) in [5, 5.41) is 5.37. The van der Waals surface area contributed by atoms with Gasteiger partial charge in [-0.25, -0.2) is 4.98 Å². The molecule has 34 heavy (non-hydrogen) atoms. The highest BCUT2D eigenvalue weighted by atomic mass is 35.5. The maximum atomic E-state index is 13.3. The Kier molecular flexibility index (Phi) is 6.73. The van der Waals surface area contributed by atoms with Crippen LogP contribution in [0.2, 0.25) is 15.1 Å². The summed E-state index contributed by atoms with van der Waals surface area (Å²) in [7, 11) is 0. The summed E-state index contributed by atoms with van der Waals surface area (Å²) in [6, 6.07) is 15.2. The molecular weight excluding hydrogens is 493 g/mol. The number of para-hydroxylation sites is 1. The number of piperazine rings is 1. The van der Waals surface area contributed by atoms with Gasteiger partial charge in [-0.2, -0.15) is 0 Å². The number of benzene rings is 2. The Morgan fingerprint density at radius 2 is 1.71 bits per heavy atom. The van der Waals surface area contributed by atoms with Crippen LogP contribution in [0.1, 0.15) is 15.9 Å². The number of fused-ring (bicyclic) bond motifs is 1. The van der Waals surface area contributed by atoms with Crippen LogP contribution in [0.3, 0.4) is 0 Å². The number of nitrogens with zero attached hydrogens (tertiary/aromatic N) is 4. The molecule has 6 nitrogen and oxygen atoms in total. The molecule has 2 aromatic carbocycles. The van der Waals surface area contributed by atoms with E-state index in [0.717, 1.165) is 54.0 Å². The lowest BCUT2D eigenvalue weighted by Gasteiger charge is -2.37. The molecule has 9 heteroatoms. The van der Waals surface area contributed by atoms with Gasteiger partial charge >= 0.3 is 0 Å². The van der Waals surface area contributed by atoms with Gasteiger partial charge in [0, 0.05) is 62.1 Å². The molecule has 3 heterocycles. The first-order valence-corrected chi connectivity index (χ1v) is 12.3. The van der Waals surface area contributed by atoms with Crippen molar-refractivity contribution in [2.45, 2.75) is 6.54 Å². The van der Waals surface area contributed by atoms with Crippen LogP contribution in [0.4, 0.5) is 17.2 Å². The third-order valence-corrected chi connectivity index (χ3v) is 7.18. The van der Waals surface area contributed by atoms with E-state index in [0.29, 0.717) is 35.2 Å². The van der Waals surface area contributed by atoms with Crippen molar-refractivity contribution in [2.24, 2.45) is 0 Å². The molecule has 1 fully saturated rings. The van der Waals surface area contributed by atoms with Crippen LogP contribution < -0.4 is 15.1 Å². The number of carbonyl (C=O) groups excluding carboxylic acids is 1. The van der Waals surface area contributed by atoms with Crippen molar-refractivity contribution in [1.29, 1.82) is 0 Å². The number of halogens is 3. The lowest BCUT2D eigenvalue weighted by molar-refractivity contribution is 0.0746. The standard InChI is InChI=1S/C25H24Cl3N5O/c26-19-5-6-20(27)18(13-19)16-33-8-7-29-24-23(33)14-17(15-30-24)25(34)32-11-9-31(10-12-32)22-4-2-1-3-21(22)28/h1-6,13-15H,7-12,16H2,(H,29,30). The van der Waals surface area contributed by atoms with Crippen molar-refractivity contribution in [2.75, 3.05) is 54.4 Å². The predicted octanol–water partition coefficient (Wildman–Crippen LogP) is 5.44. The van der Waals surface area contributed by atoms with Gasteiger partial charge in [-0.1, -0.05) is 46.9 Å². The van der Waals surface area contributed by atoms with Gasteiger partial charge in [-0.3, -0.25) is 4.79 Å². The van der Waals surface area contributed by atoms with E-state index in [2.05, 4.69) is 20.1 Å². The minimum atomic E-state index is -0.0135. The molecule has 176 valence electrons. The number of rotatable bonds is 4. The van der Waals surface area contributed by atoms with Crippen LogP contribution in [0, 0.1) is 0 Å². The number of hydrogen-bond acceptors (Lipinski definition) is 5. The summed E-state index contributed by atoms with van der Waals surface area (Å²) in [5.74, 6) is 0.755. The van der Waals surface area contributed by atoms with E-state index < -0.39 is 0 Å². The van der Waals surface area contributed by atoms with Crippen LogP contribution in [0.15, 0.2) is 54.7 Å². The Balaban J connectivity index is 1.31. The Morgan fingerprint density at radius 3 is 2.50 bits per heavy atom. The first-order valence-electron chi connectivity index (χ1n) is 11.2. The minimum Gasteiger partial charge on any atom is -0.367 e. The van der Waals surface area contributed by atoms with Gasteiger partial charge < -0.3 is 20.0 Å². The second-order valence-corrected chi connectivity index (χ2v) is 9.66. The summed E-state index contributed by atoms with van der Waals surface area (Å²) in [5.41, 5.74) is 3.42. The molecule has 1 amide bonds. The van der Waals surface area contributed by atoms with E-state index in [9.17, 15) is 4.79 Å². The molecule has 1 N–H and O–H groups in total. The molecule has 0 bridgehead atoms. The molecule has 1 saturated heterocycles. The largest absolute Gasteiger partial charge is 0.367 e. The lowest BCUT2D eigenvalue weighted by atomic mass is 10.1. The van der Waals surface area contributed by atoms with Crippen LogP contribution in [-0.2, 0) is 6.54 Å². The van der Waals surface area contributed by atoms with Crippen molar-refractivity contribution >= 4 is 57.9 Å². The molecule has 2 aliphatic rings. The fourth-order valence-corrected chi connectivity index (χ4v) is 5.08. The molecule has 3 aromatic rings. The number of hydrogen-bond donors (Lipinski definition) is 1. The maximum absolute atomic E-state index is 13.3. The van der Waals surface area contributed by atoms with Crippen molar-refractivity contribution in [3.63, 3.8) is 0 Å². The third kappa shape index (κ3) is 4.76. The van der Waals surface area contributed by atoms with Crippen molar-refractivity contribution in [1.82, 2.24) is 9.88 Å². The SMILES string of the molecule is O=C(c1cnc2c(c1)N(Cc1cc(Cl)ccc1Cl)CCN2)N1CCN(c2ccccc2Cl)CC1. The van der Waals surface area contributed by atoms with Gasteiger partial charge in [0.1, 0.15) is 5.82 Å². The zero-order valence-corrected chi connectivity index (χ0v) is 20.7. The summed E-state index contributed by atoms with van der Waals surface area (Å²) in [6.07, 6.45) is 1.66. The molecule has 0 spiro atoms. The van der Waals surface area contributed by atoms with E-state index in [1.165, 1.54) is 0 Å². The van der Waals surface area contributed by atoms with E-state index in [1.807, 2.05) is 47.4 Å². The highest BCUT2D eigenvalue weighted by Gasteiger charge is 2.26. The molecule has 0 saturated carbocycles. The Labute approximate surface area is 214 Å². The fraction of sp³-hybridized carbons (Fsp3) is 0.280. The number of aromatic nitrogens is 1. The Morgan fingerprint density at radius 1 is 0.912 bits per heavy atom. The second-order valence-electron chi connectivity index (χ2n) is 8.41. The number of amides is 1. The molecule has 5 rings (SSSR count). The normalized spacial score (nSPS) is 15.7. The quantitative estimate of drug-likeness (QED) is 0.501. The molecule has 0 aliphatic carbocycles. The summed E-state index contributed by atoms with van der Waals surface area (Å²) in [6.45, 7) is 4.83. The molecule has 1 aromatic heterocycles. The summed E-state index contributed by atoms with van der Waals surface area (Å²) in [4.78, 5) is 24.2. The lowest BCUT2D eigenvalue weighted by Crippen LogP contribution is -2.49. The van der Waals surface area contributed by atoms with Crippen molar-refractivity contribution in [3.8, 4) is 0 Å². The number of nitrogens with one attached hydrogen (secondary N) is 1. The number of pyridine rings is 1. The summed E-state index contributed by atoms with van der Waals surface area (Å²) < 4.78 is 0. The average Bonchev–Trinajstić information content (AvgIpc) is 2.86. The van der Waals surface area contributed by atoms with Gasteiger partial charge in [0.2, 0.25) is 0 Å². The van der Waals surface area contributed by atoms with Gasteiger partial charge in [-0.15, -0.1) is 0 Å². The monoisotopic (exact) mass is 515 g/mol. The Bertz CT molecular complexity index is 1210. The van der Waals surface area contributed by atoms with Crippen LogP contribution >= 0.6 is 34.8 Å². The predicted molar refractivity (Wildman–Crippen MR) is 140 cm³/mol. The van der Waals surface area contributed by atoms with Gasteiger partial charge in [0.15, 0.2) is 0 Å². The topological polar surface area (TPSA) is 51.7 Å². The fourth-order valence-electron chi connectivity index (χ4n) is 4.45. The molecule has 0 unspecified atom stereocenters. The molecule has 2 aliphatic heterocycles. The number of carbonyl (C=O) groups is 1. The Hall–Kier alpha value is -2.67. The zero-order valence-electron chi connectivity index (χ0n) is 18.5. The van der Waals surface area contributed by atoms with E-state index in [1.54, 1.807) is 12.3 Å². The van der Waals surface area contributed by atoms with Crippen molar-refractivity contribution in [3.05, 3.63) is 80.9 Å². The van der Waals surface area contributed by atoms with E-state index >= 15 is 0 Å². The van der Waals surface area contributed by atoms with Crippen LogP contribution in [0.25, 0.3) is 0 Å². The first-order chi connectivity index (χ1) is 16.5. The molecular formula is C25H24Cl3N5O. The minimum absolute atomic E-state index is 0.0135. The third-order valence-electron chi connectivity index (χ3n) is 6.26. The second kappa shape index (κ2) is 9.90. The van der Waals surface area contributed by atoms with E-state index in [-0.39, 0.29) is 5.91 Å². The summed E-state index contributed by atoms with van der Waals surface area (Å²) >= 11 is 18.9. The van der Waals surface area contributed by atoms with Gasteiger partial charge in [0.25, 0.3) is 5.91 Å².